The molecule has 5 heteroatoms. The first-order valence-corrected chi connectivity index (χ1v) is 5.99. The normalized spacial score (nSPS) is 12.9. The van der Waals surface area contributed by atoms with Crippen molar-refractivity contribution in [3.05, 3.63) is 48.6 Å². The first-order valence-electron chi connectivity index (χ1n) is 5.99. The highest BCUT2D eigenvalue weighted by Gasteiger charge is 2.14. The second kappa shape index (κ2) is 5.48. The van der Waals surface area contributed by atoms with Gasteiger partial charge in [-0.1, -0.05) is 36.0 Å². The van der Waals surface area contributed by atoms with Crippen LogP contribution in [0.1, 0.15) is 13.8 Å². The molecule has 2 N–H and O–H groups in total. The molecule has 2 heterocycles. The van der Waals surface area contributed by atoms with Gasteiger partial charge in [-0.2, -0.15) is 0 Å². The molecule has 0 unspecified atom stereocenters. The third-order valence-electron chi connectivity index (χ3n) is 2.80. The molecule has 0 saturated heterocycles. The molecule has 0 fully saturated rings. The first kappa shape index (κ1) is 13.0. The maximum Gasteiger partial charge on any atom is 0.165 e. The molecule has 0 bridgehead atoms. The molecule has 98 valence electrons. The van der Waals surface area contributed by atoms with Gasteiger partial charge in [-0.3, -0.25) is 0 Å². The summed E-state index contributed by atoms with van der Waals surface area (Å²) in [5.41, 5.74) is 8.71. The summed E-state index contributed by atoms with van der Waals surface area (Å²) >= 11 is 0. The van der Waals surface area contributed by atoms with Gasteiger partial charge in [0.25, 0.3) is 0 Å². The highest BCUT2D eigenvalue weighted by Crippen LogP contribution is 2.21. The highest BCUT2D eigenvalue weighted by molar-refractivity contribution is 5.64. The Hall–Kier alpha value is -2.43. The van der Waals surface area contributed by atoms with Gasteiger partial charge in [-0.25, -0.2) is 15.0 Å². The number of imidazole rings is 1. The SMILES string of the molecule is C=C/C(C)=C\C=C(/C)Cn1cnc(N)c2ncnc1-2. The lowest BCUT2D eigenvalue weighted by Gasteiger charge is -2.11. The van der Waals surface area contributed by atoms with Crippen LogP contribution in [0.25, 0.3) is 11.5 Å². The zero-order valence-electron chi connectivity index (χ0n) is 11.2. The Balaban J connectivity index is 2.25. The van der Waals surface area contributed by atoms with Gasteiger partial charge in [-0.15, -0.1) is 0 Å². The lowest BCUT2D eigenvalue weighted by molar-refractivity contribution is 0.750. The summed E-state index contributed by atoms with van der Waals surface area (Å²) in [5, 5.41) is 0. The van der Waals surface area contributed by atoms with Gasteiger partial charge in [-0.05, 0) is 13.8 Å². The van der Waals surface area contributed by atoms with Crippen LogP contribution < -0.4 is 5.73 Å². The number of rotatable bonds is 4. The number of nitrogens with two attached hydrogens (primary N) is 1. The summed E-state index contributed by atoms with van der Waals surface area (Å²) < 4.78 is 1.93. The summed E-state index contributed by atoms with van der Waals surface area (Å²) in [4.78, 5) is 12.4. The lowest BCUT2D eigenvalue weighted by atomic mass is 10.2. The molecule has 0 aromatic carbocycles. The van der Waals surface area contributed by atoms with Crippen molar-refractivity contribution >= 4 is 5.82 Å². The molecule has 2 aliphatic heterocycles. The van der Waals surface area contributed by atoms with Crippen LogP contribution in [0.3, 0.4) is 0 Å². The van der Waals surface area contributed by atoms with Crippen LogP contribution in [0.2, 0.25) is 0 Å². The molecule has 0 aromatic heterocycles. The fourth-order valence-electron chi connectivity index (χ4n) is 1.68. The maximum atomic E-state index is 5.75. The van der Waals surface area contributed by atoms with E-state index in [9.17, 15) is 0 Å². The quantitative estimate of drug-likeness (QED) is 0.852. The van der Waals surface area contributed by atoms with E-state index in [4.69, 9.17) is 5.73 Å². The van der Waals surface area contributed by atoms with Crippen molar-refractivity contribution in [1.29, 1.82) is 0 Å². The number of fused-ring (bicyclic) bond motifs is 1. The minimum atomic E-state index is 0.410. The number of nitrogen functional groups attached to an aromatic ring is 1. The average Bonchev–Trinajstić information content (AvgIpc) is 2.89. The lowest BCUT2D eigenvalue weighted by Crippen LogP contribution is -2.09. The Morgan fingerprint density at radius 1 is 1.32 bits per heavy atom. The van der Waals surface area contributed by atoms with Gasteiger partial charge < -0.3 is 10.3 Å². The molecule has 0 aliphatic carbocycles. The standard InChI is InChI=1S/C14H17N5/c1-4-10(2)5-6-11(3)7-19-9-18-13(15)12-14(19)17-8-16-12/h4-6,8-9H,1,7,15H2,2-3H3/b10-5-,11-6+. The van der Waals surface area contributed by atoms with E-state index >= 15 is 0 Å². The summed E-state index contributed by atoms with van der Waals surface area (Å²) in [6, 6.07) is 0. The van der Waals surface area contributed by atoms with Crippen molar-refractivity contribution in [2.24, 2.45) is 0 Å². The van der Waals surface area contributed by atoms with Gasteiger partial charge >= 0.3 is 0 Å². The minimum absolute atomic E-state index is 0.410. The van der Waals surface area contributed by atoms with Crippen molar-refractivity contribution in [2.45, 2.75) is 20.4 Å². The predicted octanol–water partition coefficient (Wildman–Crippen LogP) is 2.44. The van der Waals surface area contributed by atoms with E-state index in [2.05, 4.69) is 34.5 Å². The van der Waals surface area contributed by atoms with E-state index < -0.39 is 0 Å². The fraction of sp³-hybridized carbons (Fsp3) is 0.214. The van der Waals surface area contributed by atoms with Crippen molar-refractivity contribution in [2.75, 3.05) is 5.73 Å². The van der Waals surface area contributed by atoms with Crippen molar-refractivity contribution in [3.8, 4) is 11.5 Å². The Labute approximate surface area is 112 Å². The van der Waals surface area contributed by atoms with Crippen molar-refractivity contribution < 1.29 is 0 Å². The number of hydrogen-bond acceptors (Lipinski definition) is 4. The molecule has 2 aliphatic rings. The van der Waals surface area contributed by atoms with Crippen LogP contribution in [0.4, 0.5) is 5.82 Å². The largest absolute Gasteiger partial charge is 0.382 e. The van der Waals surface area contributed by atoms with Gasteiger partial charge in [0, 0.05) is 6.54 Å². The third-order valence-corrected chi connectivity index (χ3v) is 2.80. The van der Waals surface area contributed by atoms with E-state index in [0.717, 1.165) is 11.4 Å². The van der Waals surface area contributed by atoms with E-state index in [0.29, 0.717) is 18.1 Å². The average molecular weight is 255 g/mol. The molecule has 2 rings (SSSR count). The number of anilines is 1. The molecule has 19 heavy (non-hydrogen) atoms. The predicted molar refractivity (Wildman–Crippen MR) is 76.6 cm³/mol. The van der Waals surface area contributed by atoms with Crippen LogP contribution in [-0.4, -0.2) is 19.5 Å². The number of aromatic nitrogens is 4. The smallest absolute Gasteiger partial charge is 0.165 e. The van der Waals surface area contributed by atoms with Gasteiger partial charge in [0.05, 0.1) is 6.33 Å². The Kier molecular flexibility index (Phi) is 3.75. The Bertz CT molecular complexity index is 621. The van der Waals surface area contributed by atoms with Gasteiger partial charge in [0.1, 0.15) is 12.0 Å². The van der Waals surface area contributed by atoms with Crippen LogP contribution in [0.5, 0.6) is 0 Å². The second-order valence-corrected chi connectivity index (χ2v) is 4.43. The molecule has 0 amide bonds. The summed E-state index contributed by atoms with van der Waals surface area (Å²) in [5.74, 6) is 1.16. The molecular weight excluding hydrogens is 238 g/mol. The second-order valence-electron chi connectivity index (χ2n) is 4.43. The molecule has 0 spiro atoms. The number of nitrogens with zero attached hydrogens (tertiary/aromatic N) is 4. The zero-order valence-corrected chi connectivity index (χ0v) is 11.2. The summed E-state index contributed by atoms with van der Waals surface area (Å²) in [7, 11) is 0. The zero-order chi connectivity index (χ0) is 13.8. The van der Waals surface area contributed by atoms with Crippen molar-refractivity contribution in [1.82, 2.24) is 19.5 Å². The Morgan fingerprint density at radius 2 is 2.11 bits per heavy atom. The van der Waals surface area contributed by atoms with Crippen molar-refractivity contribution in [3.63, 3.8) is 0 Å². The van der Waals surface area contributed by atoms with E-state index in [-0.39, 0.29) is 0 Å². The minimum Gasteiger partial charge on any atom is -0.382 e. The van der Waals surface area contributed by atoms with Gasteiger partial charge in [0.2, 0.25) is 0 Å². The first-order chi connectivity index (χ1) is 9.11. The van der Waals surface area contributed by atoms with Crippen LogP contribution in [-0.2, 0) is 6.54 Å². The topological polar surface area (TPSA) is 69.6 Å². The molecule has 0 saturated carbocycles. The van der Waals surface area contributed by atoms with E-state index in [1.165, 1.54) is 11.9 Å². The third kappa shape index (κ3) is 2.88. The molecule has 0 atom stereocenters. The number of allylic oxidation sites excluding steroid dienone is 5. The molecule has 0 aromatic rings. The molecule has 5 nitrogen and oxygen atoms in total. The highest BCUT2D eigenvalue weighted by atomic mass is 15.1. The maximum absolute atomic E-state index is 5.75. The monoisotopic (exact) mass is 255 g/mol. The van der Waals surface area contributed by atoms with E-state index in [1.54, 1.807) is 6.33 Å². The fourth-order valence-corrected chi connectivity index (χ4v) is 1.68. The van der Waals surface area contributed by atoms with E-state index in [1.807, 2.05) is 23.6 Å². The van der Waals surface area contributed by atoms with Crippen LogP contribution >= 0.6 is 0 Å². The molecule has 0 radical (unpaired) electrons. The number of hydrogen-bond donors (Lipinski definition) is 1. The molecular formula is C14H17N5. The van der Waals surface area contributed by atoms with Crippen LogP contribution in [0, 0.1) is 0 Å². The van der Waals surface area contributed by atoms with Crippen LogP contribution in [0.15, 0.2) is 48.6 Å². The Morgan fingerprint density at radius 3 is 2.84 bits per heavy atom. The summed E-state index contributed by atoms with van der Waals surface area (Å²) in [6.45, 7) is 8.48. The summed E-state index contributed by atoms with van der Waals surface area (Å²) in [6.07, 6.45) is 9.10. The van der Waals surface area contributed by atoms with Gasteiger partial charge in [0.15, 0.2) is 11.6 Å².